The van der Waals surface area contributed by atoms with Crippen LogP contribution in [0.4, 0.5) is 0 Å². The van der Waals surface area contributed by atoms with Crippen molar-refractivity contribution in [3.8, 4) is 11.5 Å². The molecule has 15 heavy (non-hydrogen) atoms. The lowest BCUT2D eigenvalue weighted by atomic mass is 10.4. The van der Waals surface area contributed by atoms with Crippen molar-refractivity contribution in [3.05, 3.63) is 30.4 Å². The van der Waals surface area contributed by atoms with Gasteiger partial charge in [-0.15, -0.1) is 0 Å². The number of H-pyrrole nitrogens is 1. The molecule has 0 radical (unpaired) electrons. The fourth-order valence-electron chi connectivity index (χ4n) is 1.54. The topological polar surface area (TPSA) is 53.9 Å². The Hall–Kier alpha value is -1.55. The lowest BCUT2D eigenvalue weighted by molar-refractivity contribution is 0.580. The van der Waals surface area contributed by atoms with Gasteiger partial charge in [0.25, 0.3) is 0 Å². The first-order chi connectivity index (χ1) is 7.42. The molecule has 2 aromatic rings. The first kappa shape index (κ1) is 8.73. The standard InChI is InChI=1S/C11H13N3O/c1-2-10(15-5-1)9-6-13-11(14-9)7-12-8-3-4-8/h1-2,5-6,8,12H,3-4,7H2,(H,13,14). The van der Waals surface area contributed by atoms with Gasteiger partial charge in [0.1, 0.15) is 11.5 Å². The van der Waals surface area contributed by atoms with Gasteiger partial charge in [-0.05, 0) is 25.0 Å². The minimum atomic E-state index is 0.710. The van der Waals surface area contributed by atoms with Crippen LogP contribution in [0.25, 0.3) is 11.5 Å². The summed E-state index contributed by atoms with van der Waals surface area (Å²) in [6.07, 6.45) is 6.07. The first-order valence-corrected chi connectivity index (χ1v) is 5.23. The summed E-state index contributed by atoms with van der Waals surface area (Å²) in [5.74, 6) is 1.80. The third-order valence-corrected chi connectivity index (χ3v) is 2.55. The van der Waals surface area contributed by atoms with Gasteiger partial charge in [-0.25, -0.2) is 4.98 Å². The van der Waals surface area contributed by atoms with Crippen molar-refractivity contribution in [1.82, 2.24) is 15.3 Å². The van der Waals surface area contributed by atoms with E-state index < -0.39 is 0 Å². The summed E-state index contributed by atoms with van der Waals surface area (Å²) in [7, 11) is 0. The molecule has 0 bridgehead atoms. The normalized spacial score (nSPS) is 15.7. The maximum Gasteiger partial charge on any atom is 0.151 e. The van der Waals surface area contributed by atoms with Gasteiger partial charge in [0.05, 0.1) is 19.0 Å². The molecule has 1 aliphatic rings. The average molecular weight is 203 g/mol. The fraction of sp³-hybridized carbons (Fsp3) is 0.364. The number of hydrogen-bond acceptors (Lipinski definition) is 3. The molecule has 4 nitrogen and oxygen atoms in total. The molecule has 3 rings (SSSR count). The lowest BCUT2D eigenvalue weighted by Gasteiger charge is -1.97. The quantitative estimate of drug-likeness (QED) is 0.798. The Balaban J connectivity index is 1.69. The second-order valence-electron chi connectivity index (χ2n) is 3.88. The van der Waals surface area contributed by atoms with Crippen LogP contribution in [0.2, 0.25) is 0 Å². The second-order valence-corrected chi connectivity index (χ2v) is 3.88. The van der Waals surface area contributed by atoms with Gasteiger partial charge in [0.2, 0.25) is 0 Å². The Morgan fingerprint density at radius 3 is 3.20 bits per heavy atom. The summed E-state index contributed by atoms with van der Waals surface area (Å²) in [5, 5.41) is 3.41. The average Bonchev–Trinajstić information content (AvgIpc) is 2.78. The van der Waals surface area contributed by atoms with E-state index in [0.29, 0.717) is 6.04 Å². The predicted octanol–water partition coefficient (Wildman–Crippen LogP) is 1.92. The number of aromatic nitrogens is 2. The van der Waals surface area contributed by atoms with Crippen LogP contribution >= 0.6 is 0 Å². The van der Waals surface area contributed by atoms with E-state index in [1.165, 1.54) is 12.8 Å². The molecule has 0 spiro atoms. The summed E-state index contributed by atoms with van der Waals surface area (Å²) in [6.45, 7) is 0.811. The van der Waals surface area contributed by atoms with Crippen LogP contribution in [0.15, 0.2) is 29.0 Å². The van der Waals surface area contributed by atoms with E-state index >= 15 is 0 Å². The maximum atomic E-state index is 5.28. The van der Waals surface area contributed by atoms with Crippen LogP contribution in [0.5, 0.6) is 0 Å². The van der Waals surface area contributed by atoms with E-state index in [1.807, 2.05) is 18.3 Å². The van der Waals surface area contributed by atoms with E-state index in [9.17, 15) is 0 Å². The number of aromatic amines is 1. The third-order valence-electron chi connectivity index (χ3n) is 2.55. The van der Waals surface area contributed by atoms with Gasteiger partial charge < -0.3 is 14.7 Å². The van der Waals surface area contributed by atoms with Crippen LogP contribution in [0.3, 0.4) is 0 Å². The molecule has 0 atom stereocenters. The van der Waals surface area contributed by atoms with Crippen LogP contribution in [-0.4, -0.2) is 16.0 Å². The van der Waals surface area contributed by atoms with E-state index in [2.05, 4.69) is 15.3 Å². The molecule has 0 aliphatic heterocycles. The van der Waals surface area contributed by atoms with Crippen molar-refractivity contribution in [1.29, 1.82) is 0 Å². The molecule has 2 N–H and O–H groups in total. The zero-order chi connectivity index (χ0) is 10.1. The van der Waals surface area contributed by atoms with Crippen molar-refractivity contribution in [3.63, 3.8) is 0 Å². The fourth-order valence-corrected chi connectivity index (χ4v) is 1.54. The Bertz CT molecular complexity index is 428. The second kappa shape index (κ2) is 3.55. The largest absolute Gasteiger partial charge is 0.463 e. The molecule has 2 heterocycles. The minimum absolute atomic E-state index is 0.710. The molecule has 1 aliphatic carbocycles. The summed E-state index contributed by atoms with van der Waals surface area (Å²) in [6, 6.07) is 4.51. The summed E-state index contributed by atoms with van der Waals surface area (Å²) in [4.78, 5) is 7.53. The zero-order valence-corrected chi connectivity index (χ0v) is 8.36. The van der Waals surface area contributed by atoms with Crippen molar-refractivity contribution >= 4 is 0 Å². The van der Waals surface area contributed by atoms with Gasteiger partial charge >= 0.3 is 0 Å². The minimum Gasteiger partial charge on any atom is -0.463 e. The van der Waals surface area contributed by atoms with Gasteiger partial charge in [-0.2, -0.15) is 0 Å². The Kier molecular flexibility index (Phi) is 2.07. The zero-order valence-electron chi connectivity index (χ0n) is 8.36. The number of nitrogens with zero attached hydrogens (tertiary/aromatic N) is 1. The van der Waals surface area contributed by atoms with Gasteiger partial charge in [-0.1, -0.05) is 0 Å². The maximum absolute atomic E-state index is 5.28. The highest BCUT2D eigenvalue weighted by molar-refractivity contribution is 5.50. The van der Waals surface area contributed by atoms with E-state index in [1.54, 1.807) is 6.26 Å². The Morgan fingerprint density at radius 2 is 2.47 bits per heavy atom. The van der Waals surface area contributed by atoms with Crippen molar-refractivity contribution in [2.75, 3.05) is 0 Å². The predicted molar refractivity (Wildman–Crippen MR) is 56.2 cm³/mol. The van der Waals surface area contributed by atoms with Gasteiger partial charge in [0.15, 0.2) is 5.76 Å². The summed E-state index contributed by atoms with van der Waals surface area (Å²) >= 11 is 0. The monoisotopic (exact) mass is 203 g/mol. The molecule has 0 unspecified atom stereocenters. The van der Waals surface area contributed by atoms with E-state index in [4.69, 9.17) is 4.42 Å². The molecule has 4 heteroatoms. The highest BCUT2D eigenvalue weighted by Crippen LogP contribution is 2.20. The van der Waals surface area contributed by atoms with Crippen LogP contribution in [-0.2, 0) is 6.54 Å². The smallest absolute Gasteiger partial charge is 0.151 e. The molecule has 1 saturated carbocycles. The SMILES string of the molecule is c1coc(-c2cnc(CNC3CC3)[nH]2)c1. The number of hydrogen-bond donors (Lipinski definition) is 2. The Labute approximate surface area is 87.7 Å². The highest BCUT2D eigenvalue weighted by atomic mass is 16.3. The summed E-state index contributed by atoms with van der Waals surface area (Å²) < 4.78 is 5.28. The van der Waals surface area contributed by atoms with Crippen molar-refractivity contribution < 1.29 is 4.42 Å². The molecular formula is C11H13N3O. The van der Waals surface area contributed by atoms with Gasteiger partial charge in [0, 0.05) is 6.04 Å². The number of rotatable bonds is 4. The van der Waals surface area contributed by atoms with E-state index in [0.717, 1.165) is 23.8 Å². The lowest BCUT2D eigenvalue weighted by Crippen LogP contribution is -2.16. The van der Waals surface area contributed by atoms with Crippen molar-refractivity contribution in [2.24, 2.45) is 0 Å². The van der Waals surface area contributed by atoms with E-state index in [-0.39, 0.29) is 0 Å². The molecule has 2 aromatic heterocycles. The molecule has 0 aromatic carbocycles. The number of imidazole rings is 1. The molecule has 0 saturated heterocycles. The molecule has 1 fully saturated rings. The molecule has 78 valence electrons. The first-order valence-electron chi connectivity index (χ1n) is 5.23. The Morgan fingerprint density at radius 1 is 1.53 bits per heavy atom. The third kappa shape index (κ3) is 1.94. The molecule has 0 amide bonds. The summed E-state index contributed by atoms with van der Waals surface area (Å²) in [5.41, 5.74) is 0.938. The number of nitrogens with one attached hydrogen (secondary N) is 2. The van der Waals surface area contributed by atoms with Crippen molar-refractivity contribution in [2.45, 2.75) is 25.4 Å². The molecular weight excluding hydrogens is 190 g/mol. The van der Waals surface area contributed by atoms with Crippen LogP contribution in [0, 0.1) is 0 Å². The highest BCUT2D eigenvalue weighted by Gasteiger charge is 2.20. The van der Waals surface area contributed by atoms with Crippen LogP contribution < -0.4 is 5.32 Å². The number of furan rings is 1. The van der Waals surface area contributed by atoms with Crippen LogP contribution in [0.1, 0.15) is 18.7 Å². The van der Waals surface area contributed by atoms with Gasteiger partial charge in [-0.3, -0.25) is 0 Å².